The Hall–Kier alpha value is -2.10. The van der Waals surface area contributed by atoms with Crippen molar-refractivity contribution in [3.8, 4) is 0 Å². The molecule has 2 rings (SSSR count). The Bertz CT molecular complexity index is 549. The molecule has 0 aliphatic rings. The molecule has 0 aliphatic carbocycles. The van der Waals surface area contributed by atoms with E-state index in [0.717, 1.165) is 36.6 Å². The minimum Gasteiger partial charge on any atom is -0.354 e. The highest BCUT2D eigenvalue weighted by Crippen LogP contribution is 2.17. The molecule has 0 spiro atoms. The third-order valence-corrected chi connectivity index (χ3v) is 3.02. The molecule has 2 aromatic rings. The summed E-state index contributed by atoms with van der Waals surface area (Å²) in [6, 6.07) is 10.4. The summed E-state index contributed by atoms with van der Waals surface area (Å²) < 4.78 is 0. The van der Waals surface area contributed by atoms with Crippen LogP contribution in [-0.4, -0.2) is 16.5 Å². The topological polar surface area (TPSA) is 49.8 Å². The summed E-state index contributed by atoms with van der Waals surface area (Å²) in [5, 5.41) is 6.54. The second kappa shape index (κ2) is 6.89. The van der Waals surface area contributed by atoms with E-state index in [1.165, 1.54) is 5.56 Å². The summed E-state index contributed by atoms with van der Waals surface area (Å²) in [5.74, 6) is 1.50. The first kappa shape index (κ1) is 14.3. The van der Waals surface area contributed by atoms with Gasteiger partial charge in [-0.3, -0.25) is 0 Å². The average molecular weight is 270 g/mol. The number of rotatable bonds is 6. The van der Waals surface area contributed by atoms with Crippen LogP contribution in [0.4, 0.5) is 17.5 Å². The number of benzene rings is 1. The second-order valence-electron chi connectivity index (χ2n) is 4.82. The molecule has 0 amide bonds. The molecule has 0 saturated heterocycles. The van der Waals surface area contributed by atoms with E-state index in [-0.39, 0.29) is 0 Å². The summed E-state index contributed by atoms with van der Waals surface area (Å²) in [6.45, 7) is 7.14. The number of nitrogens with one attached hydrogen (secondary N) is 2. The highest BCUT2D eigenvalue weighted by molar-refractivity contribution is 5.57. The Balaban J connectivity index is 2.12. The van der Waals surface area contributed by atoms with Gasteiger partial charge in [-0.15, -0.1) is 0 Å². The molecule has 0 radical (unpaired) electrons. The van der Waals surface area contributed by atoms with Gasteiger partial charge < -0.3 is 10.6 Å². The van der Waals surface area contributed by atoms with Crippen LogP contribution in [-0.2, 0) is 6.42 Å². The second-order valence-corrected chi connectivity index (χ2v) is 4.82. The van der Waals surface area contributed by atoms with E-state index in [0.29, 0.717) is 5.95 Å². The zero-order valence-electron chi connectivity index (χ0n) is 12.4. The summed E-state index contributed by atoms with van der Waals surface area (Å²) in [7, 11) is 0. The van der Waals surface area contributed by atoms with Crippen LogP contribution in [0.3, 0.4) is 0 Å². The lowest BCUT2D eigenvalue weighted by Gasteiger charge is -2.10. The van der Waals surface area contributed by atoms with Crippen LogP contribution in [0.5, 0.6) is 0 Å². The lowest BCUT2D eigenvalue weighted by Crippen LogP contribution is -2.06. The van der Waals surface area contributed by atoms with Gasteiger partial charge in [0.25, 0.3) is 0 Å². The Morgan fingerprint density at radius 3 is 2.45 bits per heavy atom. The molecule has 0 aliphatic heterocycles. The first-order valence-corrected chi connectivity index (χ1v) is 7.16. The molecule has 0 atom stereocenters. The standard InChI is InChI=1S/C16H22N4/c1-4-10-17-16-18-12(3)11-15(20-16)19-14-8-6-13(5-2)7-9-14/h6-9,11H,4-5,10H2,1-3H3,(H2,17,18,19,20). The molecule has 1 aromatic heterocycles. The maximum absolute atomic E-state index is 4.48. The maximum Gasteiger partial charge on any atom is 0.224 e. The fraction of sp³-hybridized carbons (Fsp3) is 0.375. The van der Waals surface area contributed by atoms with Crippen molar-refractivity contribution in [2.24, 2.45) is 0 Å². The largest absolute Gasteiger partial charge is 0.354 e. The van der Waals surface area contributed by atoms with Crippen LogP contribution < -0.4 is 10.6 Å². The fourth-order valence-corrected chi connectivity index (χ4v) is 1.92. The normalized spacial score (nSPS) is 10.3. The molecule has 0 bridgehead atoms. The van der Waals surface area contributed by atoms with E-state index in [1.54, 1.807) is 0 Å². The van der Waals surface area contributed by atoms with Crippen LogP contribution in [0.1, 0.15) is 31.5 Å². The number of nitrogens with zero attached hydrogens (tertiary/aromatic N) is 2. The molecular weight excluding hydrogens is 248 g/mol. The maximum atomic E-state index is 4.48. The number of aromatic nitrogens is 2. The van der Waals surface area contributed by atoms with Crippen molar-refractivity contribution >= 4 is 17.5 Å². The lowest BCUT2D eigenvalue weighted by molar-refractivity contribution is 0.947. The van der Waals surface area contributed by atoms with Gasteiger partial charge in [-0.2, -0.15) is 4.98 Å². The van der Waals surface area contributed by atoms with Crippen LogP contribution in [0, 0.1) is 6.92 Å². The van der Waals surface area contributed by atoms with Gasteiger partial charge in [-0.05, 0) is 37.5 Å². The predicted molar refractivity (Wildman–Crippen MR) is 84.7 cm³/mol. The molecule has 106 valence electrons. The molecule has 0 unspecified atom stereocenters. The summed E-state index contributed by atoms with van der Waals surface area (Å²) in [4.78, 5) is 8.85. The van der Waals surface area contributed by atoms with Crippen LogP contribution in [0.15, 0.2) is 30.3 Å². The molecule has 0 saturated carbocycles. The van der Waals surface area contributed by atoms with Crippen molar-refractivity contribution in [2.45, 2.75) is 33.6 Å². The van der Waals surface area contributed by atoms with E-state index in [9.17, 15) is 0 Å². The van der Waals surface area contributed by atoms with E-state index in [4.69, 9.17) is 0 Å². The van der Waals surface area contributed by atoms with Gasteiger partial charge in [0.05, 0.1) is 0 Å². The smallest absolute Gasteiger partial charge is 0.224 e. The van der Waals surface area contributed by atoms with Crippen molar-refractivity contribution in [3.05, 3.63) is 41.6 Å². The average Bonchev–Trinajstić information content (AvgIpc) is 2.45. The van der Waals surface area contributed by atoms with Crippen molar-refractivity contribution in [1.82, 2.24) is 9.97 Å². The Morgan fingerprint density at radius 1 is 1.05 bits per heavy atom. The molecule has 2 N–H and O–H groups in total. The monoisotopic (exact) mass is 270 g/mol. The van der Waals surface area contributed by atoms with Gasteiger partial charge in [0, 0.05) is 24.0 Å². The summed E-state index contributed by atoms with van der Waals surface area (Å²) >= 11 is 0. The lowest BCUT2D eigenvalue weighted by atomic mass is 10.1. The van der Waals surface area contributed by atoms with Gasteiger partial charge in [-0.1, -0.05) is 26.0 Å². The zero-order chi connectivity index (χ0) is 14.4. The van der Waals surface area contributed by atoms with Crippen LogP contribution in [0.2, 0.25) is 0 Å². The van der Waals surface area contributed by atoms with Gasteiger partial charge in [0.1, 0.15) is 5.82 Å². The van der Waals surface area contributed by atoms with E-state index in [1.807, 2.05) is 13.0 Å². The zero-order valence-corrected chi connectivity index (χ0v) is 12.4. The molecule has 4 nitrogen and oxygen atoms in total. The van der Waals surface area contributed by atoms with Gasteiger partial charge in [-0.25, -0.2) is 4.98 Å². The Labute approximate surface area is 120 Å². The van der Waals surface area contributed by atoms with Crippen molar-refractivity contribution in [1.29, 1.82) is 0 Å². The molecule has 20 heavy (non-hydrogen) atoms. The minimum absolute atomic E-state index is 0.680. The van der Waals surface area contributed by atoms with E-state index < -0.39 is 0 Å². The number of aryl methyl sites for hydroxylation is 2. The highest BCUT2D eigenvalue weighted by atomic mass is 15.1. The van der Waals surface area contributed by atoms with Crippen molar-refractivity contribution in [2.75, 3.05) is 17.2 Å². The van der Waals surface area contributed by atoms with Crippen LogP contribution in [0.25, 0.3) is 0 Å². The number of anilines is 3. The van der Waals surface area contributed by atoms with Gasteiger partial charge in [0.15, 0.2) is 0 Å². The van der Waals surface area contributed by atoms with Crippen molar-refractivity contribution in [3.63, 3.8) is 0 Å². The number of hydrogen-bond donors (Lipinski definition) is 2. The van der Waals surface area contributed by atoms with Crippen LogP contribution >= 0.6 is 0 Å². The van der Waals surface area contributed by atoms with E-state index in [2.05, 4.69) is 58.7 Å². The molecular formula is C16H22N4. The van der Waals surface area contributed by atoms with Gasteiger partial charge >= 0.3 is 0 Å². The first-order chi connectivity index (χ1) is 9.71. The quantitative estimate of drug-likeness (QED) is 0.835. The predicted octanol–water partition coefficient (Wildman–Crippen LogP) is 3.91. The van der Waals surface area contributed by atoms with Gasteiger partial charge in [0.2, 0.25) is 5.95 Å². The molecule has 0 fully saturated rings. The summed E-state index contributed by atoms with van der Waals surface area (Å²) in [6.07, 6.45) is 2.11. The Morgan fingerprint density at radius 2 is 1.80 bits per heavy atom. The first-order valence-electron chi connectivity index (χ1n) is 7.16. The minimum atomic E-state index is 0.680. The van der Waals surface area contributed by atoms with E-state index >= 15 is 0 Å². The molecule has 4 heteroatoms. The third kappa shape index (κ3) is 3.95. The summed E-state index contributed by atoms with van der Waals surface area (Å²) in [5.41, 5.74) is 3.33. The van der Waals surface area contributed by atoms with Crippen molar-refractivity contribution < 1.29 is 0 Å². The highest BCUT2D eigenvalue weighted by Gasteiger charge is 2.02. The third-order valence-electron chi connectivity index (χ3n) is 3.02. The molecule has 1 aromatic carbocycles. The fourth-order valence-electron chi connectivity index (χ4n) is 1.92. The number of hydrogen-bond acceptors (Lipinski definition) is 4. The SMILES string of the molecule is CCCNc1nc(C)cc(Nc2ccc(CC)cc2)n1. The Kier molecular flexibility index (Phi) is 4.93. The molecule has 1 heterocycles.